The lowest BCUT2D eigenvalue weighted by Gasteiger charge is -2.18. The number of hydrogen-bond acceptors (Lipinski definition) is 2. The van der Waals surface area contributed by atoms with Gasteiger partial charge in [-0.25, -0.2) is 4.79 Å². The molecule has 0 radical (unpaired) electrons. The average Bonchev–Trinajstić information content (AvgIpc) is 2.74. The van der Waals surface area contributed by atoms with Crippen molar-refractivity contribution in [1.29, 1.82) is 0 Å². The number of carbonyl (C=O) groups excluding carboxylic acids is 1. The number of hydrogen-bond donors (Lipinski definition) is 3. The minimum Gasteiger partial charge on any atom is -0.481 e. The predicted octanol–water partition coefficient (Wildman–Crippen LogP) is 1.73. The number of carbonyl (C=O) groups is 2. The summed E-state index contributed by atoms with van der Waals surface area (Å²) >= 11 is 0. The van der Waals surface area contributed by atoms with E-state index in [4.69, 9.17) is 5.11 Å². The van der Waals surface area contributed by atoms with Gasteiger partial charge in [-0.1, -0.05) is 13.8 Å². The highest BCUT2D eigenvalue weighted by molar-refractivity contribution is 5.75. The molecule has 3 N–H and O–H groups in total. The molecular weight excluding hydrogens is 220 g/mol. The molecule has 1 aliphatic carbocycles. The molecule has 1 aliphatic rings. The molecule has 5 heteroatoms. The number of amides is 2. The molecule has 0 aromatic heterocycles. The van der Waals surface area contributed by atoms with Crippen LogP contribution in [0.1, 0.15) is 46.0 Å². The van der Waals surface area contributed by atoms with Crippen LogP contribution in [0.15, 0.2) is 0 Å². The summed E-state index contributed by atoms with van der Waals surface area (Å²) in [5.74, 6) is -1.05. The molecule has 0 spiro atoms. The van der Waals surface area contributed by atoms with Crippen molar-refractivity contribution in [3.05, 3.63) is 0 Å². The van der Waals surface area contributed by atoms with Crippen LogP contribution in [-0.2, 0) is 4.79 Å². The molecule has 2 amide bonds. The second-order valence-electron chi connectivity index (χ2n) is 4.68. The van der Waals surface area contributed by atoms with Gasteiger partial charge in [-0.05, 0) is 32.1 Å². The summed E-state index contributed by atoms with van der Waals surface area (Å²) in [6, 6.07) is 0.0341. The lowest BCUT2D eigenvalue weighted by molar-refractivity contribution is -0.141. The Kier molecular flexibility index (Phi) is 5.25. The van der Waals surface area contributed by atoms with Gasteiger partial charge in [-0.2, -0.15) is 0 Å². The van der Waals surface area contributed by atoms with Gasteiger partial charge in [-0.3, -0.25) is 4.79 Å². The maximum Gasteiger partial charge on any atom is 0.315 e. The van der Waals surface area contributed by atoms with E-state index in [1.54, 1.807) is 0 Å². The summed E-state index contributed by atoms with van der Waals surface area (Å²) in [7, 11) is 0. The number of nitrogens with one attached hydrogen (secondary N) is 2. The van der Waals surface area contributed by atoms with E-state index in [2.05, 4.69) is 10.6 Å². The molecule has 0 aromatic rings. The van der Waals surface area contributed by atoms with E-state index in [0.717, 1.165) is 19.3 Å². The molecule has 98 valence electrons. The van der Waals surface area contributed by atoms with Crippen LogP contribution >= 0.6 is 0 Å². The number of urea groups is 1. The van der Waals surface area contributed by atoms with Crippen LogP contribution in [0.4, 0.5) is 4.79 Å². The van der Waals surface area contributed by atoms with Crippen molar-refractivity contribution in [2.45, 2.75) is 58.0 Å². The van der Waals surface area contributed by atoms with Crippen LogP contribution in [0.5, 0.6) is 0 Å². The van der Waals surface area contributed by atoms with E-state index in [1.165, 1.54) is 0 Å². The fourth-order valence-electron chi connectivity index (χ4n) is 2.24. The quantitative estimate of drug-likeness (QED) is 0.687. The first kappa shape index (κ1) is 13.8. The van der Waals surface area contributed by atoms with Crippen molar-refractivity contribution >= 4 is 12.0 Å². The second kappa shape index (κ2) is 6.47. The van der Waals surface area contributed by atoms with Gasteiger partial charge >= 0.3 is 12.0 Å². The molecular formula is C12H22N2O3. The third kappa shape index (κ3) is 4.24. The Bertz CT molecular complexity index is 277. The second-order valence-corrected chi connectivity index (χ2v) is 4.68. The van der Waals surface area contributed by atoms with Crippen molar-refractivity contribution in [2.24, 2.45) is 5.92 Å². The Morgan fingerprint density at radius 3 is 2.41 bits per heavy atom. The van der Waals surface area contributed by atoms with Crippen LogP contribution in [0.2, 0.25) is 0 Å². The SMILES string of the molecule is CCC(CC)NC(=O)N[C@H]1CC[C@@H](C(=O)O)C1. The summed E-state index contributed by atoms with van der Waals surface area (Å²) < 4.78 is 0. The summed E-state index contributed by atoms with van der Waals surface area (Å²) in [6.07, 6.45) is 3.78. The molecule has 0 saturated heterocycles. The molecule has 0 aromatic carbocycles. The molecule has 2 atom stereocenters. The number of carboxylic acids is 1. The van der Waals surface area contributed by atoms with E-state index >= 15 is 0 Å². The van der Waals surface area contributed by atoms with Crippen LogP contribution in [0, 0.1) is 5.92 Å². The topological polar surface area (TPSA) is 78.4 Å². The Morgan fingerprint density at radius 2 is 1.94 bits per heavy atom. The number of aliphatic carboxylic acids is 1. The zero-order chi connectivity index (χ0) is 12.8. The van der Waals surface area contributed by atoms with E-state index in [-0.39, 0.29) is 24.0 Å². The fourth-order valence-corrected chi connectivity index (χ4v) is 2.24. The summed E-state index contributed by atoms with van der Waals surface area (Å²) in [4.78, 5) is 22.4. The maximum absolute atomic E-state index is 11.6. The number of carboxylic acid groups (broad SMARTS) is 1. The molecule has 0 aliphatic heterocycles. The minimum atomic E-state index is -0.755. The molecule has 1 rings (SSSR count). The lowest BCUT2D eigenvalue weighted by atomic mass is 10.1. The first-order chi connectivity index (χ1) is 8.06. The summed E-state index contributed by atoms with van der Waals surface area (Å²) in [6.45, 7) is 4.06. The highest BCUT2D eigenvalue weighted by Gasteiger charge is 2.30. The molecule has 1 saturated carbocycles. The van der Waals surface area contributed by atoms with E-state index in [1.807, 2.05) is 13.8 Å². The van der Waals surface area contributed by atoms with E-state index in [9.17, 15) is 9.59 Å². The van der Waals surface area contributed by atoms with Gasteiger partial charge in [0.2, 0.25) is 0 Å². The van der Waals surface area contributed by atoms with Crippen LogP contribution in [0.25, 0.3) is 0 Å². The van der Waals surface area contributed by atoms with Crippen LogP contribution in [-0.4, -0.2) is 29.2 Å². The van der Waals surface area contributed by atoms with E-state index in [0.29, 0.717) is 12.8 Å². The third-order valence-electron chi connectivity index (χ3n) is 3.44. The first-order valence-electron chi connectivity index (χ1n) is 6.36. The Balaban J connectivity index is 2.30. The van der Waals surface area contributed by atoms with Gasteiger partial charge in [0.05, 0.1) is 5.92 Å². The Hall–Kier alpha value is -1.26. The molecule has 5 nitrogen and oxygen atoms in total. The van der Waals surface area contributed by atoms with Crippen molar-refractivity contribution in [1.82, 2.24) is 10.6 Å². The van der Waals surface area contributed by atoms with Crippen molar-refractivity contribution in [3.63, 3.8) is 0 Å². The summed E-state index contributed by atoms with van der Waals surface area (Å²) in [5.41, 5.74) is 0. The predicted molar refractivity (Wildman–Crippen MR) is 64.8 cm³/mol. The molecule has 17 heavy (non-hydrogen) atoms. The van der Waals surface area contributed by atoms with Gasteiger partial charge in [0.1, 0.15) is 0 Å². The summed E-state index contributed by atoms with van der Waals surface area (Å²) in [5, 5.41) is 14.6. The molecule has 0 bridgehead atoms. The van der Waals surface area contributed by atoms with Gasteiger partial charge in [0.15, 0.2) is 0 Å². The average molecular weight is 242 g/mol. The minimum absolute atomic E-state index is 0.00506. The van der Waals surface area contributed by atoms with Gasteiger partial charge in [-0.15, -0.1) is 0 Å². The zero-order valence-corrected chi connectivity index (χ0v) is 10.5. The van der Waals surface area contributed by atoms with Gasteiger partial charge in [0, 0.05) is 12.1 Å². The van der Waals surface area contributed by atoms with Crippen molar-refractivity contribution in [2.75, 3.05) is 0 Å². The van der Waals surface area contributed by atoms with Crippen molar-refractivity contribution in [3.8, 4) is 0 Å². The van der Waals surface area contributed by atoms with Crippen LogP contribution in [0.3, 0.4) is 0 Å². The zero-order valence-electron chi connectivity index (χ0n) is 10.5. The van der Waals surface area contributed by atoms with Crippen molar-refractivity contribution < 1.29 is 14.7 Å². The highest BCUT2D eigenvalue weighted by Crippen LogP contribution is 2.25. The fraction of sp³-hybridized carbons (Fsp3) is 0.833. The maximum atomic E-state index is 11.6. The van der Waals surface area contributed by atoms with Gasteiger partial charge in [0.25, 0.3) is 0 Å². The Labute approximate surface area is 102 Å². The molecule has 1 fully saturated rings. The lowest BCUT2D eigenvalue weighted by Crippen LogP contribution is -2.45. The van der Waals surface area contributed by atoms with Gasteiger partial charge < -0.3 is 15.7 Å². The third-order valence-corrected chi connectivity index (χ3v) is 3.44. The standard InChI is InChI=1S/C12H22N2O3/c1-3-9(4-2)13-12(17)14-10-6-5-8(7-10)11(15)16/h8-10H,3-7H2,1-2H3,(H,15,16)(H2,13,14,17)/t8-,10+/m1/s1. The normalized spacial score (nSPS) is 23.7. The smallest absolute Gasteiger partial charge is 0.315 e. The number of rotatable bonds is 5. The molecule has 0 heterocycles. The Morgan fingerprint density at radius 1 is 1.29 bits per heavy atom. The van der Waals surface area contributed by atoms with E-state index < -0.39 is 5.97 Å². The monoisotopic (exact) mass is 242 g/mol. The molecule has 0 unspecified atom stereocenters. The first-order valence-corrected chi connectivity index (χ1v) is 6.36. The largest absolute Gasteiger partial charge is 0.481 e. The highest BCUT2D eigenvalue weighted by atomic mass is 16.4. The van der Waals surface area contributed by atoms with Crippen LogP contribution < -0.4 is 10.6 Å².